The highest BCUT2D eigenvalue weighted by Crippen LogP contribution is 2.35. The molecular formula is C25H26F2N6O. The van der Waals surface area contributed by atoms with Crippen molar-refractivity contribution in [3.8, 4) is 0 Å². The molecule has 9 heteroatoms. The highest BCUT2D eigenvalue weighted by Gasteiger charge is 2.36. The van der Waals surface area contributed by atoms with Gasteiger partial charge in [0, 0.05) is 32.2 Å². The van der Waals surface area contributed by atoms with Gasteiger partial charge in [0.2, 0.25) is 0 Å². The smallest absolute Gasteiger partial charge is 0.348 e. The molecule has 0 bridgehead atoms. The fourth-order valence-electron chi connectivity index (χ4n) is 4.93. The zero-order chi connectivity index (χ0) is 24.0. The van der Waals surface area contributed by atoms with Crippen LogP contribution in [0, 0.1) is 11.6 Å². The number of hydrogen-bond donors (Lipinski definition) is 1. The SMILES string of the molecule is C[C@@H]1CN(c2nc(=O)[nH]c3c2cnn3C)[C@@H](C)CN1C(c1ccc(F)cc1)c1ccc(F)cc1. The van der Waals surface area contributed by atoms with E-state index in [2.05, 4.69) is 38.7 Å². The molecule has 0 radical (unpaired) electrons. The van der Waals surface area contributed by atoms with Gasteiger partial charge in [0.1, 0.15) is 23.1 Å². The first-order chi connectivity index (χ1) is 16.3. The van der Waals surface area contributed by atoms with E-state index in [0.717, 1.165) is 16.5 Å². The Morgan fingerprint density at radius 3 is 2.12 bits per heavy atom. The van der Waals surface area contributed by atoms with Gasteiger partial charge >= 0.3 is 5.69 Å². The Bertz CT molecular complexity index is 1320. The monoisotopic (exact) mass is 464 g/mol. The standard InChI is InChI=1S/C25H26F2N6O/c1-15-14-33(24-21-12-28-31(3)23(21)29-25(34)30-24)16(2)13-32(15)22(17-4-8-19(26)9-5-17)18-6-10-20(27)11-7-18/h4-12,15-16,22H,13-14H2,1-3H3,(H,29,30,34)/t15-,16+/m1/s1. The molecule has 1 saturated heterocycles. The molecule has 0 saturated carbocycles. The van der Waals surface area contributed by atoms with E-state index in [1.165, 1.54) is 24.3 Å². The van der Waals surface area contributed by atoms with Crippen molar-refractivity contribution in [3.63, 3.8) is 0 Å². The van der Waals surface area contributed by atoms with Crippen molar-refractivity contribution < 1.29 is 8.78 Å². The lowest BCUT2D eigenvalue weighted by Crippen LogP contribution is -2.58. The van der Waals surface area contributed by atoms with E-state index in [9.17, 15) is 13.6 Å². The molecule has 2 aromatic heterocycles. The van der Waals surface area contributed by atoms with Crippen molar-refractivity contribution in [1.29, 1.82) is 0 Å². The summed E-state index contributed by atoms with van der Waals surface area (Å²) in [6, 6.07) is 12.9. The van der Waals surface area contributed by atoms with Crippen LogP contribution in [0.4, 0.5) is 14.6 Å². The number of aromatic nitrogens is 4. The van der Waals surface area contributed by atoms with Crippen molar-refractivity contribution in [2.75, 3.05) is 18.0 Å². The molecule has 0 unspecified atom stereocenters. The number of fused-ring (bicyclic) bond motifs is 1. The summed E-state index contributed by atoms with van der Waals surface area (Å²) < 4.78 is 29.0. The van der Waals surface area contributed by atoms with E-state index in [-0.39, 0.29) is 29.8 Å². The number of nitrogens with zero attached hydrogens (tertiary/aromatic N) is 5. The number of halogens is 2. The number of H-pyrrole nitrogens is 1. The number of benzene rings is 2. The van der Waals surface area contributed by atoms with Gasteiger partial charge in [0.25, 0.3) is 0 Å². The van der Waals surface area contributed by atoms with Crippen LogP contribution in [0.1, 0.15) is 31.0 Å². The number of aromatic amines is 1. The molecule has 1 fully saturated rings. The van der Waals surface area contributed by atoms with Gasteiger partial charge in [-0.2, -0.15) is 10.1 Å². The van der Waals surface area contributed by atoms with E-state index < -0.39 is 5.69 Å². The summed E-state index contributed by atoms with van der Waals surface area (Å²) in [4.78, 5) is 23.8. The number of nitrogens with one attached hydrogen (secondary N) is 1. The zero-order valence-electron chi connectivity index (χ0n) is 19.2. The maximum atomic E-state index is 13.7. The van der Waals surface area contributed by atoms with Gasteiger partial charge in [0.15, 0.2) is 0 Å². The van der Waals surface area contributed by atoms with Crippen LogP contribution in [0.3, 0.4) is 0 Å². The number of hydrogen-bond acceptors (Lipinski definition) is 5. The molecule has 2 atom stereocenters. The van der Waals surface area contributed by atoms with Crippen LogP contribution in [-0.2, 0) is 7.05 Å². The second kappa shape index (κ2) is 8.64. The number of aryl methyl sites for hydroxylation is 1. The maximum Gasteiger partial charge on any atom is 0.348 e. The van der Waals surface area contributed by atoms with E-state index in [1.807, 2.05) is 0 Å². The van der Waals surface area contributed by atoms with Crippen LogP contribution < -0.4 is 10.6 Å². The second-order valence-corrected chi connectivity index (χ2v) is 8.95. The molecule has 34 heavy (non-hydrogen) atoms. The van der Waals surface area contributed by atoms with Crippen molar-refractivity contribution >= 4 is 16.9 Å². The van der Waals surface area contributed by atoms with Crippen molar-refractivity contribution in [3.05, 3.63) is 88.0 Å². The first-order valence-electron chi connectivity index (χ1n) is 11.3. The van der Waals surface area contributed by atoms with Gasteiger partial charge in [-0.05, 0) is 49.2 Å². The Kier molecular flexibility index (Phi) is 5.65. The van der Waals surface area contributed by atoms with Crippen molar-refractivity contribution in [1.82, 2.24) is 24.6 Å². The lowest BCUT2D eigenvalue weighted by molar-refractivity contribution is 0.129. The average molecular weight is 465 g/mol. The first-order valence-corrected chi connectivity index (χ1v) is 11.3. The number of piperazine rings is 1. The van der Waals surface area contributed by atoms with Crippen LogP contribution in [0.25, 0.3) is 11.0 Å². The summed E-state index contributed by atoms with van der Waals surface area (Å²) in [5.41, 5.74) is 2.09. The molecule has 0 amide bonds. The Morgan fingerprint density at radius 1 is 0.941 bits per heavy atom. The third-order valence-corrected chi connectivity index (χ3v) is 6.62. The molecule has 7 nitrogen and oxygen atoms in total. The molecule has 2 aromatic carbocycles. The van der Waals surface area contributed by atoms with Crippen LogP contribution >= 0.6 is 0 Å². The largest absolute Gasteiger partial charge is 0.350 e. The van der Waals surface area contributed by atoms with Gasteiger partial charge in [-0.25, -0.2) is 13.6 Å². The molecule has 0 aliphatic carbocycles. The van der Waals surface area contributed by atoms with E-state index in [0.29, 0.717) is 24.6 Å². The Morgan fingerprint density at radius 2 is 1.53 bits per heavy atom. The van der Waals surface area contributed by atoms with Crippen LogP contribution in [0.2, 0.25) is 0 Å². The summed E-state index contributed by atoms with van der Waals surface area (Å²) in [5.74, 6) is 0.0216. The Balaban J connectivity index is 1.52. The molecule has 1 aliphatic heterocycles. The van der Waals surface area contributed by atoms with Gasteiger partial charge in [-0.3, -0.25) is 14.6 Å². The fourth-order valence-corrected chi connectivity index (χ4v) is 4.93. The second-order valence-electron chi connectivity index (χ2n) is 8.95. The highest BCUT2D eigenvalue weighted by molar-refractivity contribution is 5.86. The van der Waals surface area contributed by atoms with Gasteiger partial charge in [-0.1, -0.05) is 24.3 Å². The number of rotatable bonds is 4. The summed E-state index contributed by atoms with van der Waals surface area (Å²) in [5, 5.41) is 5.08. The third kappa shape index (κ3) is 3.96. The minimum Gasteiger partial charge on any atom is -0.350 e. The lowest BCUT2D eigenvalue weighted by atomic mass is 9.93. The summed E-state index contributed by atoms with van der Waals surface area (Å²) in [6.07, 6.45) is 1.72. The zero-order valence-corrected chi connectivity index (χ0v) is 19.2. The van der Waals surface area contributed by atoms with Crippen LogP contribution in [0.5, 0.6) is 0 Å². The highest BCUT2D eigenvalue weighted by atomic mass is 19.1. The fraction of sp³-hybridized carbons (Fsp3) is 0.320. The Hall–Kier alpha value is -3.59. The van der Waals surface area contributed by atoms with Gasteiger partial charge < -0.3 is 4.90 Å². The van der Waals surface area contributed by atoms with Gasteiger partial charge in [0.05, 0.1) is 17.6 Å². The Labute approximate surface area is 195 Å². The average Bonchev–Trinajstić information content (AvgIpc) is 3.18. The molecule has 176 valence electrons. The summed E-state index contributed by atoms with van der Waals surface area (Å²) >= 11 is 0. The van der Waals surface area contributed by atoms with Crippen molar-refractivity contribution in [2.45, 2.75) is 32.0 Å². The maximum absolute atomic E-state index is 13.7. The van der Waals surface area contributed by atoms with E-state index in [1.54, 1.807) is 42.2 Å². The van der Waals surface area contributed by atoms with Crippen molar-refractivity contribution in [2.24, 2.45) is 7.05 Å². The molecule has 0 spiro atoms. The topological polar surface area (TPSA) is 70.0 Å². The quantitative estimate of drug-likeness (QED) is 0.500. The predicted molar refractivity (Wildman–Crippen MR) is 127 cm³/mol. The van der Waals surface area contributed by atoms with Gasteiger partial charge in [-0.15, -0.1) is 0 Å². The summed E-state index contributed by atoms with van der Waals surface area (Å²) in [7, 11) is 1.78. The van der Waals surface area contributed by atoms with Crippen LogP contribution in [-0.4, -0.2) is 49.8 Å². The molecule has 1 N–H and O–H groups in total. The molecule has 5 rings (SSSR count). The molecule has 1 aliphatic rings. The molecule has 3 heterocycles. The van der Waals surface area contributed by atoms with E-state index in [4.69, 9.17) is 0 Å². The first kappa shape index (κ1) is 22.2. The molecular weight excluding hydrogens is 438 g/mol. The third-order valence-electron chi connectivity index (χ3n) is 6.62. The molecule has 4 aromatic rings. The summed E-state index contributed by atoms with van der Waals surface area (Å²) in [6.45, 7) is 5.50. The van der Waals surface area contributed by atoms with E-state index >= 15 is 0 Å². The number of anilines is 1. The van der Waals surface area contributed by atoms with Crippen LogP contribution in [0.15, 0.2) is 59.5 Å². The lowest BCUT2D eigenvalue weighted by Gasteiger charge is -2.48. The minimum absolute atomic E-state index is 0.0253. The normalized spacial score (nSPS) is 19.3. The minimum atomic E-state index is -0.413. The predicted octanol–water partition coefficient (Wildman–Crippen LogP) is 3.62.